The molecule has 1 saturated carbocycles. The molecule has 0 spiro atoms. The molecule has 0 radical (unpaired) electrons. The van der Waals surface area contributed by atoms with Gasteiger partial charge in [-0.15, -0.1) is 0 Å². The van der Waals surface area contributed by atoms with Crippen LogP contribution in [-0.2, 0) is 6.54 Å². The lowest BCUT2D eigenvalue weighted by Gasteiger charge is -2.32. The molecular formula is C16H27N3O2. The fourth-order valence-corrected chi connectivity index (χ4v) is 2.86. The second-order valence-corrected chi connectivity index (χ2v) is 6.39. The fourth-order valence-electron chi connectivity index (χ4n) is 2.86. The number of carbonyl (C=O) groups is 1. The molecule has 2 rings (SSSR count). The third-order valence-corrected chi connectivity index (χ3v) is 4.28. The SMILES string of the molecule is CCn1nc(C(C)C)cc1C(=O)NCC1(O)CCCCC1. The van der Waals surface area contributed by atoms with Gasteiger partial charge in [0.25, 0.3) is 5.91 Å². The van der Waals surface area contributed by atoms with Gasteiger partial charge in [0, 0.05) is 13.1 Å². The van der Waals surface area contributed by atoms with Crippen LogP contribution in [0.3, 0.4) is 0 Å². The molecule has 0 aliphatic heterocycles. The Morgan fingerprint density at radius 2 is 2.10 bits per heavy atom. The maximum absolute atomic E-state index is 12.4. The van der Waals surface area contributed by atoms with Crippen LogP contribution in [0.2, 0.25) is 0 Å². The molecule has 5 heteroatoms. The summed E-state index contributed by atoms with van der Waals surface area (Å²) < 4.78 is 1.73. The summed E-state index contributed by atoms with van der Waals surface area (Å²) in [5.74, 6) is 0.155. The van der Waals surface area contributed by atoms with Crippen molar-refractivity contribution in [3.8, 4) is 0 Å². The number of aryl methyl sites for hydroxylation is 1. The van der Waals surface area contributed by atoms with Crippen LogP contribution >= 0.6 is 0 Å². The van der Waals surface area contributed by atoms with Gasteiger partial charge in [0.15, 0.2) is 0 Å². The molecule has 5 nitrogen and oxygen atoms in total. The van der Waals surface area contributed by atoms with Crippen molar-refractivity contribution in [1.29, 1.82) is 0 Å². The van der Waals surface area contributed by atoms with Crippen LogP contribution in [0.15, 0.2) is 6.07 Å². The summed E-state index contributed by atoms with van der Waals surface area (Å²) in [4.78, 5) is 12.4. The Morgan fingerprint density at radius 1 is 1.43 bits per heavy atom. The van der Waals surface area contributed by atoms with Gasteiger partial charge in [-0.05, 0) is 31.7 Å². The van der Waals surface area contributed by atoms with Crippen LogP contribution in [0.5, 0.6) is 0 Å². The quantitative estimate of drug-likeness (QED) is 0.876. The first kappa shape index (κ1) is 16.0. The van der Waals surface area contributed by atoms with Crippen molar-refractivity contribution in [2.24, 2.45) is 0 Å². The topological polar surface area (TPSA) is 67.2 Å². The first-order valence-corrected chi connectivity index (χ1v) is 8.03. The number of aromatic nitrogens is 2. The minimum atomic E-state index is -0.730. The summed E-state index contributed by atoms with van der Waals surface area (Å²) >= 11 is 0. The summed E-state index contributed by atoms with van der Waals surface area (Å²) in [6.07, 6.45) is 4.80. The predicted molar refractivity (Wildman–Crippen MR) is 82.4 cm³/mol. The Bertz CT molecular complexity index is 488. The van der Waals surface area contributed by atoms with Crippen molar-refractivity contribution in [3.05, 3.63) is 17.5 Å². The van der Waals surface area contributed by atoms with Crippen molar-refractivity contribution in [2.75, 3.05) is 6.54 Å². The second kappa shape index (κ2) is 6.60. The zero-order valence-corrected chi connectivity index (χ0v) is 13.4. The van der Waals surface area contributed by atoms with E-state index < -0.39 is 5.60 Å². The van der Waals surface area contributed by atoms with E-state index in [2.05, 4.69) is 24.3 Å². The van der Waals surface area contributed by atoms with Gasteiger partial charge in [0.05, 0.1) is 11.3 Å². The van der Waals surface area contributed by atoms with Crippen LogP contribution in [0, 0.1) is 0 Å². The minimum absolute atomic E-state index is 0.143. The van der Waals surface area contributed by atoms with Gasteiger partial charge in [0.1, 0.15) is 5.69 Å². The average Bonchev–Trinajstić information content (AvgIpc) is 2.90. The van der Waals surface area contributed by atoms with Crippen molar-refractivity contribution in [3.63, 3.8) is 0 Å². The molecule has 0 saturated heterocycles. The highest BCUT2D eigenvalue weighted by atomic mass is 16.3. The lowest BCUT2D eigenvalue weighted by Crippen LogP contribution is -2.44. The highest BCUT2D eigenvalue weighted by Crippen LogP contribution is 2.27. The molecule has 1 heterocycles. The van der Waals surface area contributed by atoms with E-state index in [0.29, 0.717) is 24.7 Å². The van der Waals surface area contributed by atoms with Crippen molar-refractivity contribution in [2.45, 2.75) is 70.9 Å². The Balaban J connectivity index is 2.02. The number of nitrogens with zero attached hydrogens (tertiary/aromatic N) is 2. The van der Waals surface area contributed by atoms with Gasteiger partial charge >= 0.3 is 0 Å². The Labute approximate surface area is 126 Å². The van der Waals surface area contributed by atoms with Crippen LogP contribution in [-0.4, -0.2) is 32.9 Å². The van der Waals surface area contributed by atoms with Crippen LogP contribution in [0.25, 0.3) is 0 Å². The number of carbonyl (C=O) groups excluding carboxylic acids is 1. The smallest absolute Gasteiger partial charge is 0.269 e. The maximum Gasteiger partial charge on any atom is 0.269 e. The number of hydrogen-bond donors (Lipinski definition) is 2. The molecule has 2 N–H and O–H groups in total. The summed E-state index contributed by atoms with van der Waals surface area (Å²) in [6, 6.07) is 1.86. The van der Waals surface area contributed by atoms with Crippen molar-refractivity contribution >= 4 is 5.91 Å². The molecule has 1 aliphatic carbocycles. The van der Waals surface area contributed by atoms with Crippen molar-refractivity contribution in [1.82, 2.24) is 15.1 Å². The average molecular weight is 293 g/mol. The van der Waals surface area contributed by atoms with E-state index >= 15 is 0 Å². The molecule has 1 aromatic rings. The molecule has 0 bridgehead atoms. The zero-order valence-electron chi connectivity index (χ0n) is 13.4. The fraction of sp³-hybridized carbons (Fsp3) is 0.750. The van der Waals surface area contributed by atoms with E-state index in [0.717, 1.165) is 31.4 Å². The van der Waals surface area contributed by atoms with Gasteiger partial charge < -0.3 is 10.4 Å². The van der Waals surface area contributed by atoms with Gasteiger partial charge in [-0.2, -0.15) is 5.10 Å². The monoisotopic (exact) mass is 293 g/mol. The van der Waals surface area contributed by atoms with Gasteiger partial charge in [-0.1, -0.05) is 33.1 Å². The maximum atomic E-state index is 12.4. The standard InChI is InChI=1S/C16H27N3O2/c1-4-19-14(10-13(18-19)12(2)3)15(20)17-11-16(21)8-6-5-7-9-16/h10,12,21H,4-9,11H2,1-3H3,(H,17,20). The molecule has 0 atom stereocenters. The molecule has 0 aromatic carbocycles. The molecule has 1 fully saturated rings. The summed E-state index contributed by atoms with van der Waals surface area (Å²) in [5.41, 5.74) is 0.783. The van der Waals surface area contributed by atoms with E-state index in [4.69, 9.17) is 0 Å². The predicted octanol–water partition coefficient (Wildman–Crippen LogP) is 2.45. The first-order valence-electron chi connectivity index (χ1n) is 8.03. The van der Waals surface area contributed by atoms with Crippen molar-refractivity contribution < 1.29 is 9.90 Å². The van der Waals surface area contributed by atoms with Gasteiger partial charge in [0.2, 0.25) is 0 Å². The lowest BCUT2D eigenvalue weighted by atomic mass is 9.85. The van der Waals surface area contributed by atoms with E-state index in [9.17, 15) is 9.90 Å². The summed E-state index contributed by atoms with van der Waals surface area (Å²) in [7, 11) is 0. The van der Waals surface area contributed by atoms with Crippen LogP contribution < -0.4 is 5.32 Å². The highest BCUT2D eigenvalue weighted by Gasteiger charge is 2.30. The zero-order chi connectivity index (χ0) is 15.5. The number of amides is 1. The van der Waals surface area contributed by atoms with E-state index in [1.54, 1.807) is 4.68 Å². The molecule has 118 valence electrons. The molecular weight excluding hydrogens is 266 g/mol. The molecule has 21 heavy (non-hydrogen) atoms. The first-order chi connectivity index (χ1) is 9.95. The molecule has 1 aromatic heterocycles. The number of rotatable bonds is 5. The van der Waals surface area contributed by atoms with Crippen LogP contribution in [0.1, 0.15) is 75.0 Å². The van der Waals surface area contributed by atoms with E-state index in [-0.39, 0.29) is 5.91 Å². The minimum Gasteiger partial charge on any atom is -0.388 e. The molecule has 1 amide bonds. The number of hydrogen-bond acceptors (Lipinski definition) is 3. The second-order valence-electron chi connectivity index (χ2n) is 6.39. The van der Waals surface area contributed by atoms with E-state index in [1.807, 2.05) is 13.0 Å². The number of aliphatic hydroxyl groups is 1. The highest BCUT2D eigenvalue weighted by molar-refractivity contribution is 5.92. The number of nitrogens with one attached hydrogen (secondary N) is 1. The Hall–Kier alpha value is -1.36. The van der Waals surface area contributed by atoms with Gasteiger partial charge in [-0.25, -0.2) is 0 Å². The Kier molecular flexibility index (Phi) is 5.04. The normalized spacial score (nSPS) is 18.0. The van der Waals surface area contributed by atoms with E-state index in [1.165, 1.54) is 6.42 Å². The molecule has 1 aliphatic rings. The van der Waals surface area contributed by atoms with Crippen LogP contribution in [0.4, 0.5) is 0 Å². The Morgan fingerprint density at radius 3 is 2.67 bits per heavy atom. The third-order valence-electron chi connectivity index (χ3n) is 4.28. The lowest BCUT2D eigenvalue weighted by molar-refractivity contribution is 0.00516. The summed E-state index contributed by atoms with van der Waals surface area (Å²) in [5, 5.41) is 17.8. The molecule has 0 unspecified atom stereocenters. The third kappa shape index (κ3) is 3.84. The summed E-state index contributed by atoms with van der Waals surface area (Å²) in [6.45, 7) is 7.10. The van der Waals surface area contributed by atoms with Gasteiger partial charge in [-0.3, -0.25) is 9.48 Å². The largest absolute Gasteiger partial charge is 0.388 e.